The first-order valence-corrected chi connectivity index (χ1v) is 9.27. The quantitative estimate of drug-likeness (QED) is 0.399. The number of carbonyl (C=O) groups excluding carboxylic acids is 3. The molecule has 0 unspecified atom stereocenters. The van der Waals surface area contributed by atoms with Gasteiger partial charge in [0.05, 0.1) is 31.1 Å². The van der Waals surface area contributed by atoms with Gasteiger partial charge in [-0.05, 0) is 18.6 Å². The Morgan fingerprint density at radius 2 is 1.89 bits per heavy atom. The van der Waals surface area contributed by atoms with Crippen molar-refractivity contribution in [1.29, 1.82) is 0 Å². The van der Waals surface area contributed by atoms with Crippen LogP contribution < -0.4 is 10.6 Å². The monoisotopic (exact) mass is 377 g/mol. The van der Waals surface area contributed by atoms with Crippen molar-refractivity contribution in [3.63, 3.8) is 0 Å². The highest BCUT2D eigenvalue weighted by atomic mass is 16.5. The van der Waals surface area contributed by atoms with E-state index in [1.54, 1.807) is 24.3 Å². The van der Waals surface area contributed by atoms with Crippen LogP contribution in [0.3, 0.4) is 0 Å². The number of benzene rings is 1. The Labute approximate surface area is 159 Å². The van der Waals surface area contributed by atoms with Crippen LogP contribution in [0.5, 0.6) is 0 Å². The maximum absolute atomic E-state index is 12.1. The van der Waals surface area contributed by atoms with E-state index in [9.17, 15) is 14.4 Å². The molecule has 8 nitrogen and oxygen atoms in total. The lowest BCUT2D eigenvalue weighted by atomic mass is 10.1. The van der Waals surface area contributed by atoms with Crippen molar-refractivity contribution in [3.05, 3.63) is 29.8 Å². The summed E-state index contributed by atoms with van der Waals surface area (Å²) in [6, 6.07) is 6.47. The molecule has 2 amide bonds. The molecule has 148 valence electrons. The molecule has 1 fully saturated rings. The number of esters is 1. The molecule has 0 bridgehead atoms. The number of carbonyl (C=O) groups is 3. The van der Waals surface area contributed by atoms with Crippen LogP contribution in [0, 0.1) is 0 Å². The van der Waals surface area contributed by atoms with Crippen molar-refractivity contribution >= 4 is 23.5 Å². The van der Waals surface area contributed by atoms with E-state index >= 15 is 0 Å². The Kier molecular flexibility index (Phi) is 8.73. The first kappa shape index (κ1) is 20.9. The van der Waals surface area contributed by atoms with Crippen molar-refractivity contribution in [2.45, 2.75) is 19.8 Å². The van der Waals surface area contributed by atoms with Gasteiger partial charge in [-0.25, -0.2) is 4.79 Å². The molecule has 1 aromatic rings. The van der Waals surface area contributed by atoms with Crippen molar-refractivity contribution in [3.8, 4) is 0 Å². The molecular weight excluding hydrogens is 350 g/mol. The van der Waals surface area contributed by atoms with Crippen LogP contribution in [0.2, 0.25) is 0 Å². The summed E-state index contributed by atoms with van der Waals surface area (Å²) in [6.07, 6.45) is 1.68. The largest absolute Gasteiger partial charge is 0.462 e. The highest BCUT2D eigenvalue weighted by Crippen LogP contribution is 2.16. The van der Waals surface area contributed by atoms with Crippen LogP contribution in [0.4, 0.5) is 5.69 Å². The van der Waals surface area contributed by atoms with E-state index in [2.05, 4.69) is 15.5 Å². The lowest BCUT2D eigenvalue weighted by Gasteiger charge is -2.26. The van der Waals surface area contributed by atoms with Gasteiger partial charge in [-0.3, -0.25) is 14.5 Å². The first-order chi connectivity index (χ1) is 13.1. The predicted molar refractivity (Wildman–Crippen MR) is 101 cm³/mol. The Balaban J connectivity index is 1.83. The first-order valence-electron chi connectivity index (χ1n) is 9.27. The number of ether oxygens (including phenoxy) is 2. The molecule has 8 heteroatoms. The number of unbranched alkanes of at least 4 members (excludes halogenated alkanes) is 1. The van der Waals surface area contributed by atoms with Crippen LogP contribution in [0.25, 0.3) is 0 Å². The maximum Gasteiger partial charge on any atom is 0.340 e. The Morgan fingerprint density at radius 3 is 2.63 bits per heavy atom. The Hall–Kier alpha value is -2.45. The van der Waals surface area contributed by atoms with Crippen LogP contribution in [0.1, 0.15) is 30.1 Å². The summed E-state index contributed by atoms with van der Waals surface area (Å²) < 4.78 is 10.4. The molecule has 1 aromatic carbocycles. The van der Waals surface area contributed by atoms with E-state index in [0.717, 1.165) is 25.9 Å². The fraction of sp³-hybridized carbons (Fsp3) is 0.526. The number of hydrogen-bond acceptors (Lipinski definition) is 6. The van der Waals surface area contributed by atoms with Gasteiger partial charge in [-0.15, -0.1) is 0 Å². The minimum atomic E-state index is -0.814. The smallest absolute Gasteiger partial charge is 0.340 e. The van der Waals surface area contributed by atoms with Crippen LogP contribution in [-0.4, -0.2) is 68.7 Å². The molecule has 0 atom stereocenters. The molecule has 0 saturated carbocycles. The van der Waals surface area contributed by atoms with Crippen LogP contribution in [0.15, 0.2) is 24.3 Å². The van der Waals surface area contributed by atoms with Gasteiger partial charge < -0.3 is 20.1 Å². The van der Waals surface area contributed by atoms with Crippen molar-refractivity contribution in [2.75, 3.05) is 51.3 Å². The van der Waals surface area contributed by atoms with Crippen molar-refractivity contribution < 1.29 is 23.9 Å². The fourth-order valence-electron chi connectivity index (χ4n) is 2.57. The second-order valence-corrected chi connectivity index (χ2v) is 6.20. The normalized spacial score (nSPS) is 14.4. The van der Waals surface area contributed by atoms with Gasteiger partial charge in [0, 0.05) is 26.2 Å². The third-order valence-electron chi connectivity index (χ3n) is 4.15. The molecule has 27 heavy (non-hydrogen) atoms. The molecule has 2 rings (SSSR count). The van der Waals surface area contributed by atoms with Gasteiger partial charge in [0.1, 0.15) is 0 Å². The van der Waals surface area contributed by atoms with E-state index in [4.69, 9.17) is 9.47 Å². The molecule has 1 aliphatic heterocycles. The van der Waals surface area contributed by atoms with Crippen LogP contribution in [-0.2, 0) is 19.1 Å². The third-order valence-corrected chi connectivity index (χ3v) is 4.15. The summed E-state index contributed by atoms with van der Waals surface area (Å²) in [5, 5.41) is 5.08. The van der Waals surface area contributed by atoms with E-state index < -0.39 is 17.8 Å². The van der Waals surface area contributed by atoms with Gasteiger partial charge in [-0.1, -0.05) is 25.5 Å². The second kappa shape index (κ2) is 11.3. The zero-order valence-electron chi connectivity index (χ0n) is 15.7. The summed E-state index contributed by atoms with van der Waals surface area (Å²) in [5.41, 5.74) is 0.482. The molecular formula is C19H27N3O5. The van der Waals surface area contributed by atoms with Gasteiger partial charge in [0.2, 0.25) is 0 Å². The Morgan fingerprint density at radius 1 is 1.15 bits per heavy atom. The van der Waals surface area contributed by atoms with Crippen molar-refractivity contribution in [2.24, 2.45) is 0 Å². The van der Waals surface area contributed by atoms with E-state index in [0.29, 0.717) is 32.9 Å². The van der Waals surface area contributed by atoms with Crippen molar-refractivity contribution in [1.82, 2.24) is 10.2 Å². The van der Waals surface area contributed by atoms with Crippen LogP contribution >= 0.6 is 0 Å². The molecule has 2 N–H and O–H groups in total. The minimum absolute atomic E-state index is 0.225. The highest BCUT2D eigenvalue weighted by Gasteiger charge is 2.19. The zero-order chi connectivity index (χ0) is 19.5. The number of amides is 2. The third kappa shape index (κ3) is 6.99. The molecule has 1 heterocycles. The van der Waals surface area contributed by atoms with Gasteiger partial charge >= 0.3 is 17.8 Å². The standard InChI is InChI=1S/C19H27N3O5/c1-2-3-12-27-19(25)15-6-4-5-7-16(15)21-18(24)17(23)20-8-9-22-10-13-26-14-11-22/h4-7H,2-3,8-14H2,1H3,(H,20,23)(H,21,24). The number of nitrogens with zero attached hydrogens (tertiary/aromatic N) is 1. The number of anilines is 1. The summed E-state index contributed by atoms with van der Waals surface area (Å²) in [7, 11) is 0. The second-order valence-electron chi connectivity index (χ2n) is 6.20. The average molecular weight is 377 g/mol. The lowest BCUT2D eigenvalue weighted by molar-refractivity contribution is -0.136. The average Bonchev–Trinajstić information content (AvgIpc) is 2.69. The van der Waals surface area contributed by atoms with Gasteiger partial charge in [0.15, 0.2) is 0 Å². The number of hydrogen-bond donors (Lipinski definition) is 2. The molecule has 0 radical (unpaired) electrons. The Bertz CT molecular complexity index is 644. The molecule has 1 aliphatic rings. The molecule has 0 aromatic heterocycles. The molecule has 0 aliphatic carbocycles. The lowest BCUT2D eigenvalue weighted by Crippen LogP contribution is -2.43. The van der Waals surface area contributed by atoms with E-state index in [-0.39, 0.29) is 11.3 Å². The number of nitrogens with one attached hydrogen (secondary N) is 2. The van der Waals surface area contributed by atoms with Gasteiger partial charge in [0.25, 0.3) is 0 Å². The predicted octanol–water partition coefficient (Wildman–Crippen LogP) is 1.03. The molecule has 1 saturated heterocycles. The summed E-state index contributed by atoms with van der Waals surface area (Å²) in [4.78, 5) is 38.4. The highest BCUT2D eigenvalue weighted by molar-refractivity contribution is 6.40. The summed E-state index contributed by atoms with van der Waals surface area (Å²) in [6.45, 7) is 6.33. The number of morpholine rings is 1. The van der Waals surface area contributed by atoms with E-state index in [1.165, 1.54) is 0 Å². The minimum Gasteiger partial charge on any atom is -0.462 e. The molecule has 0 spiro atoms. The van der Waals surface area contributed by atoms with E-state index in [1.807, 2.05) is 6.92 Å². The number of rotatable bonds is 8. The zero-order valence-corrected chi connectivity index (χ0v) is 15.7. The fourth-order valence-corrected chi connectivity index (χ4v) is 2.57. The maximum atomic E-state index is 12.1. The van der Waals surface area contributed by atoms with Gasteiger partial charge in [-0.2, -0.15) is 0 Å². The SMILES string of the molecule is CCCCOC(=O)c1ccccc1NC(=O)C(=O)NCCN1CCOCC1. The summed E-state index contributed by atoms with van der Waals surface area (Å²) >= 11 is 0. The summed E-state index contributed by atoms with van der Waals surface area (Å²) in [5.74, 6) is -2.07. The topological polar surface area (TPSA) is 97.0 Å². The number of para-hydroxylation sites is 1.